The van der Waals surface area contributed by atoms with Gasteiger partial charge in [0.15, 0.2) is 0 Å². The van der Waals surface area contributed by atoms with E-state index in [4.69, 9.17) is 0 Å². The van der Waals surface area contributed by atoms with Crippen molar-refractivity contribution in [1.29, 1.82) is 0 Å². The SMILES string of the molecule is CN(C)C(CNC(=O)Cn1c(=O)[nH]c(=O)c2ccccc21)c1ccsc1. The number of carbonyl (C=O) groups excluding carboxylic acids is 1. The minimum atomic E-state index is -0.592. The van der Waals surface area contributed by atoms with E-state index in [-0.39, 0.29) is 18.5 Å². The maximum Gasteiger partial charge on any atom is 0.329 e. The first-order valence-corrected chi connectivity index (χ1v) is 9.08. The van der Waals surface area contributed by atoms with Gasteiger partial charge in [-0.3, -0.25) is 19.1 Å². The van der Waals surface area contributed by atoms with Gasteiger partial charge < -0.3 is 10.2 Å². The highest BCUT2D eigenvalue weighted by atomic mass is 32.1. The smallest absolute Gasteiger partial charge is 0.329 e. The highest BCUT2D eigenvalue weighted by Crippen LogP contribution is 2.19. The van der Waals surface area contributed by atoms with Crippen LogP contribution in [0.5, 0.6) is 0 Å². The molecular formula is C18H20N4O3S. The molecule has 8 heteroatoms. The summed E-state index contributed by atoms with van der Waals surface area (Å²) < 4.78 is 1.28. The highest BCUT2D eigenvalue weighted by Gasteiger charge is 2.16. The summed E-state index contributed by atoms with van der Waals surface area (Å²) in [5.41, 5.74) is 0.531. The number of carbonyl (C=O) groups is 1. The second-order valence-corrected chi connectivity index (χ2v) is 6.98. The third-order valence-electron chi connectivity index (χ3n) is 4.25. The molecule has 2 N–H and O–H groups in total. The van der Waals surface area contributed by atoms with Gasteiger partial charge in [0, 0.05) is 6.54 Å². The van der Waals surface area contributed by atoms with Gasteiger partial charge in [-0.05, 0) is 48.6 Å². The van der Waals surface area contributed by atoms with Crippen LogP contribution in [0.1, 0.15) is 11.6 Å². The first kappa shape index (κ1) is 18.1. The van der Waals surface area contributed by atoms with Crippen molar-refractivity contribution in [2.45, 2.75) is 12.6 Å². The molecule has 7 nitrogen and oxygen atoms in total. The monoisotopic (exact) mass is 372 g/mol. The quantitative estimate of drug-likeness (QED) is 0.680. The molecule has 0 bridgehead atoms. The van der Waals surface area contributed by atoms with Crippen molar-refractivity contribution in [3.63, 3.8) is 0 Å². The second-order valence-electron chi connectivity index (χ2n) is 6.20. The molecule has 0 aliphatic heterocycles. The molecule has 0 aliphatic carbocycles. The third-order valence-corrected chi connectivity index (χ3v) is 4.95. The van der Waals surface area contributed by atoms with Gasteiger partial charge in [0.1, 0.15) is 6.54 Å². The summed E-state index contributed by atoms with van der Waals surface area (Å²) in [6.07, 6.45) is 0. The summed E-state index contributed by atoms with van der Waals surface area (Å²) in [6, 6.07) is 8.81. The van der Waals surface area contributed by atoms with E-state index in [1.807, 2.05) is 30.4 Å². The Morgan fingerprint density at radius 1 is 1.27 bits per heavy atom. The zero-order chi connectivity index (χ0) is 18.7. The number of amides is 1. The molecule has 2 heterocycles. The van der Waals surface area contributed by atoms with Crippen LogP contribution < -0.4 is 16.6 Å². The normalized spacial score (nSPS) is 12.4. The summed E-state index contributed by atoms with van der Waals surface area (Å²) >= 11 is 1.61. The molecule has 3 rings (SSSR count). The summed E-state index contributed by atoms with van der Waals surface area (Å²) in [5, 5.41) is 7.31. The fourth-order valence-corrected chi connectivity index (χ4v) is 3.58. The van der Waals surface area contributed by atoms with E-state index >= 15 is 0 Å². The van der Waals surface area contributed by atoms with Gasteiger partial charge in [-0.15, -0.1) is 0 Å². The number of likely N-dealkylation sites (N-methyl/N-ethyl adjacent to an activating group) is 1. The Labute approximate surface area is 153 Å². The van der Waals surface area contributed by atoms with E-state index < -0.39 is 11.2 Å². The number of nitrogens with one attached hydrogen (secondary N) is 2. The second kappa shape index (κ2) is 7.67. The number of thiophene rings is 1. The standard InChI is InChI=1S/C18H20N4O3S/c1-21(2)15(12-7-8-26-11-12)9-19-16(23)10-22-14-6-4-3-5-13(14)17(24)20-18(22)25/h3-8,11,15H,9-10H2,1-2H3,(H,19,23)(H,20,24,25). The van der Waals surface area contributed by atoms with Gasteiger partial charge in [0.2, 0.25) is 5.91 Å². The predicted molar refractivity (Wildman–Crippen MR) is 103 cm³/mol. The number of benzene rings is 1. The Morgan fingerprint density at radius 2 is 2.04 bits per heavy atom. The van der Waals surface area contributed by atoms with Crippen molar-refractivity contribution in [3.05, 3.63) is 67.5 Å². The Hall–Kier alpha value is -2.71. The van der Waals surface area contributed by atoms with Crippen LogP contribution in [0.25, 0.3) is 10.9 Å². The molecule has 1 atom stereocenters. The summed E-state index contributed by atoms with van der Waals surface area (Å²) in [7, 11) is 3.91. The molecule has 1 amide bonds. The molecule has 0 saturated heterocycles. The average molecular weight is 372 g/mol. The lowest BCUT2D eigenvalue weighted by atomic mass is 10.1. The van der Waals surface area contributed by atoms with E-state index in [1.54, 1.807) is 35.6 Å². The van der Waals surface area contributed by atoms with Gasteiger partial charge >= 0.3 is 5.69 Å². The summed E-state index contributed by atoms with van der Waals surface area (Å²) in [5.74, 6) is -0.286. The molecule has 1 unspecified atom stereocenters. The zero-order valence-corrected chi connectivity index (χ0v) is 15.4. The fourth-order valence-electron chi connectivity index (χ4n) is 2.87. The number of rotatable bonds is 6. The molecular weight excluding hydrogens is 352 g/mol. The molecule has 0 radical (unpaired) electrons. The first-order chi connectivity index (χ1) is 12.5. The van der Waals surface area contributed by atoms with Crippen LogP contribution in [-0.4, -0.2) is 41.0 Å². The first-order valence-electron chi connectivity index (χ1n) is 8.14. The molecule has 0 saturated carbocycles. The highest BCUT2D eigenvalue weighted by molar-refractivity contribution is 7.07. The van der Waals surface area contributed by atoms with Crippen LogP contribution >= 0.6 is 11.3 Å². The molecule has 136 valence electrons. The van der Waals surface area contributed by atoms with E-state index in [2.05, 4.69) is 15.7 Å². The number of hydrogen-bond donors (Lipinski definition) is 2. The average Bonchev–Trinajstić information content (AvgIpc) is 3.13. The molecule has 0 spiro atoms. The number of para-hydroxylation sites is 1. The van der Waals surface area contributed by atoms with Crippen LogP contribution in [0.2, 0.25) is 0 Å². The van der Waals surface area contributed by atoms with Crippen molar-refractivity contribution in [1.82, 2.24) is 19.8 Å². The minimum absolute atomic E-state index is 0.0502. The van der Waals surface area contributed by atoms with Crippen LogP contribution in [0.3, 0.4) is 0 Å². The van der Waals surface area contributed by atoms with E-state index in [1.165, 1.54) is 4.57 Å². The van der Waals surface area contributed by atoms with Crippen molar-refractivity contribution >= 4 is 28.1 Å². The Bertz CT molecular complexity index is 1020. The van der Waals surface area contributed by atoms with E-state index in [0.29, 0.717) is 17.4 Å². The molecule has 1 aromatic carbocycles. The molecule has 3 aromatic rings. The number of hydrogen-bond acceptors (Lipinski definition) is 5. The third kappa shape index (κ3) is 3.76. The van der Waals surface area contributed by atoms with Crippen LogP contribution in [0.4, 0.5) is 0 Å². The van der Waals surface area contributed by atoms with Crippen molar-refractivity contribution in [3.8, 4) is 0 Å². The van der Waals surface area contributed by atoms with Crippen molar-refractivity contribution in [2.24, 2.45) is 0 Å². The van der Waals surface area contributed by atoms with Crippen molar-refractivity contribution < 1.29 is 4.79 Å². The lowest BCUT2D eigenvalue weighted by Gasteiger charge is -2.24. The number of aromatic amines is 1. The zero-order valence-electron chi connectivity index (χ0n) is 14.6. The van der Waals surface area contributed by atoms with Gasteiger partial charge in [0.25, 0.3) is 5.56 Å². The lowest BCUT2D eigenvalue weighted by Crippen LogP contribution is -2.39. The number of aromatic nitrogens is 2. The Morgan fingerprint density at radius 3 is 2.73 bits per heavy atom. The number of H-pyrrole nitrogens is 1. The van der Waals surface area contributed by atoms with Gasteiger partial charge in [-0.1, -0.05) is 12.1 Å². The summed E-state index contributed by atoms with van der Waals surface area (Å²) in [4.78, 5) is 40.7. The lowest BCUT2D eigenvalue weighted by molar-refractivity contribution is -0.121. The van der Waals surface area contributed by atoms with Gasteiger partial charge in [-0.2, -0.15) is 11.3 Å². The summed E-state index contributed by atoms with van der Waals surface area (Å²) in [6.45, 7) is 0.276. The molecule has 26 heavy (non-hydrogen) atoms. The predicted octanol–water partition coefficient (Wildman–Crippen LogP) is 1.17. The van der Waals surface area contributed by atoms with E-state index in [0.717, 1.165) is 5.56 Å². The topological polar surface area (TPSA) is 87.2 Å². The van der Waals surface area contributed by atoms with Crippen LogP contribution in [0, 0.1) is 0 Å². The van der Waals surface area contributed by atoms with E-state index in [9.17, 15) is 14.4 Å². The minimum Gasteiger partial charge on any atom is -0.353 e. The van der Waals surface area contributed by atoms with Crippen LogP contribution in [-0.2, 0) is 11.3 Å². The van der Waals surface area contributed by atoms with Gasteiger partial charge in [-0.25, -0.2) is 4.79 Å². The van der Waals surface area contributed by atoms with Gasteiger partial charge in [0.05, 0.1) is 16.9 Å². The van der Waals surface area contributed by atoms with Crippen LogP contribution in [0.15, 0.2) is 50.7 Å². The molecule has 2 aromatic heterocycles. The Kier molecular flexibility index (Phi) is 5.34. The maximum absolute atomic E-state index is 12.4. The Balaban J connectivity index is 1.78. The largest absolute Gasteiger partial charge is 0.353 e. The van der Waals surface area contributed by atoms with Crippen molar-refractivity contribution in [2.75, 3.05) is 20.6 Å². The number of nitrogens with zero attached hydrogens (tertiary/aromatic N) is 2. The number of fused-ring (bicyclic) bond motifs is 1. The maximum atomic E-state index is 12.4. The molecule has 0 aliphatic rings. The fraction of sp³-hybridized carbons (Fsp3) is 0.278. The molecule has 0 fully saturated rings.